The number of aromatic amines is 1. The summed E-state index contributed by atoms with van der Waals surface area (Å²) in [5, 5.41) is 3.01. The number of benzene rings is 2. The summed E-state index contributed by atoms with van der Waals surface area (Å²) >= 11 is 1.71. The van der Waals surface area contributed by atoms with Crippen LogP contribution in [0.5, 0.6) is 0 Å². The van der Waals surface area contributed by atoms with Gasteiger partial charge in [0, 0.05) is 27.6 Å². The minimum absolute atomic E-state index is 0.165. The molecule has 32 heavy (non-hydrogen) atoms. The van der Waals surface area contributed by atoms with Gasteiger partial charge in [-0.15, -0.1) is 0 Å². The normalized spacial score (nSPS) is 11.8. The van der Waals surface area contributed by atoms with E-state index in [9.17, 15) is 4.79 Å². The molecule has 2 heterocycles. The Morgan fingerprint density at radius 1 is 1.00 bits per heavy atom. The molecule has 4 aromatic rings. The maximum Gasteiger partial charge on any atom is 0.272 e. The Hall–Kier alpha value is -2.87. The Labute approximate surface area is 191 Å². The first-order valence-electron chi connectivity index (χ1n) is 10.5. The van der Waals surface area contributed by atoms with E-state index >= 15 is 0 Å². The topological polar surface area (TPSA) is 68.6 Å². The number of aromatic nitrogens is 3. The Bertz CT molecular complexity index is 1230. The lowest BCUT2D eigenvalue weighted by atomic mass is 10.1. The Morgan fingerprint density at radius 3 is 2.44 bits per heavy atom. The summed E-state index contributed by atoms with van der Waals surface area (Å²) in [6, 6.07) is 20.0. The number of hydrogen-bond donors (Lipinski definition) is 1. The molecule has 0 amide bonds. The average Bonchev–Trinajstić information content (AvgIpc) is 3.19. The summed E-state index contributed by atoms with van der Waals surface area (Å²) in [5.74, 6) is 0. The van der Waals surface area contributed by atoms with Gasteiger partial charge in [0.1, 0.15) is 0 Å². The van der Waals surface area contributed by atoms with Crippen molar-refractivity contribution in [3.63, 3.8) is 0 Å². The molecule has 6 nitrogen and oxygen atoms in total. The first kappa shape index (κ1) is 22.3. The monoisotopic (exact) mass is 449 g/mol. The summed E-state index contributed by atoms with van der Waals surface area (Å²) < 4.78 is 12.8. The van der Waals surface area contributed by atoms with E-state index in [4.69, 9.17) is 9.47 Å². The number of hydrogen-bond acceptors (Lipinski definition) is 5. The highest BCUT2D eigenvalue weighted by atomic mass is 32.2. The van der Waals surface area contributed by atoms with Gasteiger partial charge in [0.05, 0.1) is 31.1 Å². The highest BCUT2D eigenvalue weighted by Gasteiger charge is 2.12. The van der Waals surface area contributed by atoms with E-state index < -0.39 is 0 Å². The van der Waals surface area contributed by atoms with Crippen LogP contribution in [0, 0.1) is 0 Å². The number of ether oxygens (including phenoxy) is 2. The van der Waals surface area contributed by atoms with E-state index in [1.165, 1.54) is 15.5 Å². The third-order valence-corrected chi connectivity index (χ3v) is 5.72. The molecule has 7 heteroatoms. The maximum absolute atomic E-state index is 12.5. The van der Waals surface area contributed by atoms with E-state index in [1.807, 2.05) is 57.3 Å². The SMILES string of the molecule is CC(C)(C)OCCOCc1cc(=O)n2[nH]cc(-c3ccc(Sc4ccccc4)cc3)c2n1. The summed E-state index contributed by atoms with van der Waals surface area (Å²) in [5.41, 5.74) is 2.69. The van der Waals surface area contributed by atoms with Crippen molar-refractivity contribution in [3.8, 4) is 11.1 Å². The van der Waals surface area contributed by atoms with Gasteiger partial charge in [-0.25, -0.2) is 9.50 Å². The number of H-pyrrole nitrogens is 1. The van der Waals surface area contributed by atoms with E-state index in [0.29, 0.717) is 24.6 Å². The maximum atomic E-state index is 12.5. The molecule has 0 aliphatic heterocycles. The minimum Gasteiger partial charge on any atom is -0.373 e. The van der Waals surface area contributed by atoms with E-state index in [1.54, 1.807) is 11.8 Å². The molecule has 0 fully saturated rings. The average molecular weight is 450 g/mol. The molecule has 1 N–H and O–H groups in total. The van der Waals surface area contributed by atoms with Crippen LogP contribution < -0.4 is 5.56 Å². The van der Waals surface area contributed by atoms with Gasteiger partial charge in [-0.05, 0) is 50.6 Å². The lowest BCUT2D eigenvalue weighted by Crippen LogP contribution is -2.22. The van der Waals surface area contributed by atoms with Gasteiger partial charge < -0.3 is 9.47 Å². The van der Waals surface area contributed by atoms with Gasteiger partial charge in [-0.2, -0.15) is 0 Å². The molecule has 0 spiro atoms. The highest BCUT2D eigenvalue weighted by molar-refractivity contribution is 7.99. The van der Waals surface area contributed by atoms with Crippen molar-refractivity contribution < 1.29 is 9.47 Å². The first-order valence-corrected chi connectivity index (χ1v) is 11.4. The van der Waals surface area contributed by atoms with Gasteiger partial charge in [0.15, 0.2) is 5.65 Å². The number of nitrogens with one attached hydrogen (secondary N) is 1. The van der Waals surface area contributed by atoms with Gasteiger partial charge >= 0.3 is 0 Å². The predicted molar refractivity (Wildman–Crippen MR) is 127 cm³/mol. The summed E-state index contributed by atoms with van der Waals surface area (Å²) in [6.07, 6.45) is 1.81. The molecule has 0 saturated heterocycles. The van der Waals surface area contributed by atoms with Gasteiger partial charge in [0.25, 0.3) is 5.56 Å². The predicted octanol–water partition coefficient (Wildman–Crippen LogP) is 5.17. The van der Waals surface area contributed by atoms with Gasteiger partial charge in [-0.3, -0.25) is 9.89 Å². The molecule has 0 radical (unpaired) electrons. The Morgan fingerprint density at radius 2 is 1.72 bits per heavy atom. The molecule has 0 aliphatic rings. The van der Waals surface area contributed by atoms with E-state index in [0.717, 1.165) is 16.0 Å². The van der Waals surface area contributed by atoms with Crippen LogP contribution in [0.25, 0.3) is 16.8 Å². The molecule has 166 valence electrons. The fourth-order valence-corrected chi connectivity index (χ4v) is 4.06. The number of rotatable bonds is 8. The van der Waals surface area contributed by atoms with Crippen molar-refractivity contribution >= 4 is 17.4 Å². The van der Waals surface area contributed by atoms with Crippen LogP contribution in [-0.4, -0.2) is 33.4 Å². The summed E-state index contributed by atoms with van der Waals surface area (Å²) in [7, 11) is 0. The number of nitrogens with zero attached hydrogens (tertiary/aromatic N) is 2. The second kappa shape index (κ2) is 9.73. The van der Waals surface area contributed by atoms with Crippen LogP contribution in [0.4, 0.5) is 0 Å². The molecular formula is C25H27N3O3S. The zero-order valence-electron chi connectivity index (χ0n) is 18.5. The van der Waals surface area contributed by atoms with Crippen molar-refractivity contribution in [2.75, 3.05) is 13.2 Å². The standard InChI is InChI=1S/C25H27N3O3S/c1-25(2,3)31-14-13-30-17-19-15-23(29)28-24(27-19)22(16-26-28)18-9-11-21(12-10-18)32-20-7-5-4-6-8-20/h4-12,15-16,26H,13-14,17H2,1-3H3. The third-order valence-electron chi connectivity index (χ3n) is 4.71. The minimum atomic E-state index is -0.200. The molecule has 0 aliphatic carbocycles. The fraction of sp³-hybridized carbons (Fsp3) is 0.280. The Kier molecular flexibility index (Phi) is 6.79. The van der Waals surface area contributed by atoms with Crippen LogP contribution in [0.15, 0.2) is 81.4 Å². The van der Waals surface area contributed by atoms with Gasteiger partial charge in [-0.1, -0.05) is 42.1 Å². The molecule has 0 bridgehead atoms. The molecule has 2 aromatic carbocycles. The van der Waals surface area contributed by atoms with Crippen LogP contribution >= 0.6 is 11.8 Å². The van der Waals surface area contributed by atoms with Crippen molar-refractivity contribution in [1.82, 2.24) is 14.6 Å². The summed E-state index contributed by atoms with van der Waals surface area (Å²) in [4.78, 5) is 19.5. The smallest absolute Gasteiger partial charge is 0.272 e. The van der Waals surface area contributed by atoms with E-state index in [-0.39, 0.29) is 17.8 Å². The van der Waals surface area contributed by atoms with Crippen LogP contribution in [0.2, 0.25) is 0 Å². The van der Waals surface area contributed by atoms with Crippen molar-refractivity contribution in [2.24, 2.45) is 0 Å². The lowest BCUT2D eigenvalue weighted by molar-refractivity contribution is -0.0380. The highest BCUT2D eigenvalue weighted by Crippen LogP contribution is 2.30. The van der Waals surface area contributed by atoms with Crippen molar-refractivity contribution in [2.45, 2.75) is 42.8 Å². The third kappa shape index (κ3) is 5.68. The molecular weight excluding hydrogens is 422 g/mol. The molecule has 0 atom stereocenters. The fourth-order valence-electron chi connectivity index (χ4n) is 3.23. The molecule has 0 unspecified atom stereocenters. The zero-order chi connectivity index (χ0) is 22.6. The van der Waals surface area contributed by atoms with Crippen LogP contribution in [0.3, 0.4) is 0 Å². The van der Waals surface area contributed by atoms with Crippen molar-refractivity contribution in [3.05, 3.63) is 82.9 Å². The second-order valence-electron chi connectivity index (χ2n) is 8.38. The zero-order valence-corrected chi connectivity index (χ0v) is 19.3. The second-order valence-corrected chi connectivity index (χ2v) is 9.53. The molecule has 2 aromatic heterocycles. The molecule has 4 rings (SSSR count). The van der Waals surface area contributed by atoms with E-state index in [2.05, 4.69) is 34.3 Å². The first-order chi connectivity index (χ1) is 15.4. The molecule has 0 saturated carbocycles. The Balaban J connectivity index is 1.49. The van der Waals surface area contributed by atoms with Crippen molar-refractivity contribution in [1.29, 1.82) is 0 Å². The summed E-state index contributed by atoms with van der Waals surface area (Å²) in [6.45, 7) is 7.21. The largest absolute Gasteiger partial charge is 0.373 e. The van der Waals surface area contributed by atoms with Crippen LogP contribution in [-0.2, 0) is 16.1 Å². The van der Waals surface area contributed by atoms with Gasteiger partial charge in [0.2, 0.25) is 0 Å². The lowest BCUT2D eigenvalue weighted by Gasteiger charge is -2.19. The van der Waals surface area contributed by atoms with Crippen LogP contribution in [0.1, 0.15) is 26.5 Å². The quantitative estimate of drug-likeness (QED) is 0.376. The number of fused-ring (bicyclic) bond motifs is 1.